The van der Waals surface area contributed by atoms with Crippen LogP contribution in [0.2, 0.25) is 5.02 Å². The highest BCUT2D eigenvalue weighted by Crippen LogP contribution is 2.30. The molecule has 1 aliphatic rings. The van der Waals surface area contributed by atoms with Crippen molar-refractivity contribution in [3.05, 3.63) is 70.7 Å². The van der Waals surface area contributed by atoms with Gasteiger partial charge in [0.25, 0.3) is 0 Å². The van der Waals surface area contributed by atoms with Crippen LogP contribution in [0.5, 0.6) is 0 Å². The number of carbonyl (C=O) groups is 1. The summed E-state index contributed by atoms with van der Waals surface area (Å²) in [6.07, 6.45) is 0. The van der Waals surface area contributed by atoms with E-state index in [1.165, 1.54) is 0 Å². The van der Waals surface area contributed by atoms with E-state index in [2.05, 4.69) is 10.2 Å². The second-order valence-corrected chi connectivity index (χ2v) is 5.21. The van der Waals surface area contributed by atoms with Gasteiger partial charge in [0.15, 0.2) is 5.78 Å². The molecule has 0 N–H and O–H groups in total. The number of nitrogens with zero attached hydrogens (tertiary/aromatic N) is 2. The van der Waals surface area contributed by atoms with Crippen LogP contribution in [0.4, 0.5) is 0 Å². The molecule has 0 radical (unpaired) electrons. The molecule has 0 unspecified atom stereocenters. The maximum Gasteiger partial charge on any atom is 0.189 e. The second-order valence-electron chi connectivity index (χ2n) is 4.77. The number of halogens is 1. The van der Waals surface area contributed by atoms with E-state index < -0.39 is 6.04 Å². The monoisotopic (exact) mass is 284 g/mol. The maximum absolute atomic E-state index is 12.5. The van der Waals surface area contributed by atoms with E-state index in [0.717, 1.165) is 5.56 Å². The van der Waals surface area contributed by atoms with Gasteiger partial charge >= 0.3 is 0 Å². The van der Waals surface area contributed by atoms with Crippen molar-refractivity contribution in [2.45, 2.75) is 12.0 Å². The first-order chi connectivity index (χ1) is 9.75. The summed E-state index contributed by atoms with van der Waals surface area (Å²) in [7, 11) is 0. The van der Waals surface area contributed by atoms with E-state index in [1.807, 2.05) is 30.3 Å². The third-order valence-corrected chi connectivity index (χ3v) is 3.74. The molecule has 1 heterocycles. The van der Waals surface area contributed by atoms with Crippen molar-refractivity contribution in [1.29, 1.82) is 0 Å². The predicted molar refractivity (Wildman–Crippen MR) is 78.5 cm³/mol. The standard InChI is InChI=1S/C16H13ClN2O/c17-13-8-6-12(7-9-13)16(20)15-14(10-18-19-15)11-4-2-1-3-5-11/h1-9,14-15H,10H2/t14-,15+/m1/s1. The van der Waals surface area contributed by atoms with Gasteiger partial charge in [-0.25, -0.2) is 0 Å². The van der Waals surface area contributed by atoms with Crippen molar-refractivity contribution in [3.63, 3.8) is 0 Å². The van der Waals surface area contributed by atoms with Crippen molar-refractivity contribution >= 4 is 17.4 Å². The van der Waals surface area contributed by atoms with Gasteiger partial charge in [-0.3, -0.25) is 4.79 Å². The Morgan fingerprint density at radius 2 is 1.75 bits per heavy atom. The zero-order valence-corrected chi connectivity index (χ0v) is 11.5. The molecule has 1 aliphatic heterocycles. The maximum atomic E-state index is 12.5. The number of azo groups is 1. The normalized spacial score (nSPS) is 21.1. The summed E-state index contributed by atoms with van der Waals surface area (Å²) in [5.41, 5.74) is 1.73. The number of hydrogen-bond acceptors (Lipinski definition) is 3. The van der Waals surface area contributed by atoms with Crippen LogP contribution in [0.15, 0.2) is 64.8 Å². The second kappa shape index (κ2) is 5.55. The number of carbonyl (C=O) groups excluding carboxylic acids is 1. The number of Topliss-reactive ketones (excluding diaryl/α,β-unsaturated/α-hetero) is 1. The molecule has 2 atom stereocenters. The number of hydrogen-bond donors (Lipinski definition) is 0. The van der Waals surface area contributed by atoms with Crippen LogP contribution >= 0.6 is 11.6 Å². The molecule has 4 heteroatoms. The highest BCUT2D eigenvalue weighted by Gasteiger charge is 2.33. The van der Waals surface area contributed by atoms with Gasteiger partial charge in [-0.15, -0.1) is 0 Å². The fourth-order valence-corrected chi connectivity index (χ4v) is 2.54. The lowest BCUT2D eigenvalue weighted by Crippen LogP contribution is -2.24. The molecule has 3 rings (SSSR count). The lowest BCUT2D eigenvalue weighted by atomic mass is 9.88. The van der Waals surface area contributed by atoms with Crippen LogP contribution in [0.3, 0.4) is 0 Å². The van der Waals surface area contributed by atoms with Gasteiger partial charge < -0.3 is 0 Å². The molecule has 0 amide bonds. The SMILES string of the molecule is O=C(c1ccc(Cl)cc1)[C@H]1N=NC[C@@H]1c1ccccc1. The summed E-state index contributed by atoms with van der Waals surface area (Å²) < 4.78 is 0. The van der Waals surface area contributed by atoms with E-state index in [4.69, 9.17) is 11.6 Å². The molecule has 3 nitrogen and oxygen atoms in total. The summed E-state index contributed by atoms with van der Waals surface area (Å²) in [5, 5.41) is 8.82. The average Bonchev–Trinajstić information content (AvgIpc) is 2.97. The Hall–Kier alpha value is -2.00. The molecule has 0 aliphatic carbocycles. The zero-order chi connectivity index (χ0) is 13.9. The van der Waals surface area contributed by atoms with Crippen molar-refractivity contribution in [2.24, 2.45) is 10.2 Å². The van der Waals surface area contributed by atoms with E-state index >= 15 is 0 Å². The third kappa shape index (κ3) is 2.49. The third-order valence-electron chi connectivity index (χ3n) is 3.49. The molecular formula is C16H13ClN2O. The minimum atomic E-state index is -0.432. The number of rotatable bonds is 3. The van der Waals surface area contributed by atoms with E-state index in [9.17, 15) is 4.79 Å². The van der Waals surface area contributed by atoms with Crippen LogP contribution in [-0.4, -0.2) is 18.4 Å². The van der Waals surface area contributed by atoms with Gasteiger partial charge in [-0.2, -0.15) is 10.2 Å². The van der Waals surface area contributed by atoms with Crippen molar-refractivity contribution in [1.82, 2.24) is 0 Å². The first-order valence-electron chi connectivity index (χ1n) is 6.47. The fourth-order valence-electron chi connectivity index (χ4n) is 2.41. The zero-order valence-electron chi connectivity index (χ0n) is 10.7. The molecular weight excluding hydrogens is 272 g/mol. The Labute approximate surface area is 122 Å². The summed E-state index contributed by atoms with van der Waals surface area (Å²) in [4.78, 5) is 12.5. The van der Waals surface area contributed by atoms with E-state index in [0.29, 0.717) is 17.1 Å². The highest BCUT2D eigenvalue weighted by molar-refractivity contribution is 6.30. The molecule has 2 aromatic rings. The van der Waals surface area contributed by atoms with E-state index in [1.54, 1.807) is 24.3 Å². The molecule has 20 heavy (non-hydrogen) atoms. The number of benzene rings is 2. The minimum Gasteiger partial charge on any atom is -0.292 e. The van der Waals surface area contributed by atoms with Crippen molar-refractivity contribution < 1.29 is 4.79 Å². The Morgan fingerprint density at radius 3 is 2.45 bits per heavy atom. The molecule has 0 saturated carbocycles. The molecule has 0 spiro atoms. The van der Waals surface area contributed by atoms with Crippen LogP contribution in [0, 0.1) is 0 Å². The molecule has 0 bridgehead atoms. The highest BCUT2D eigenvalue weighted by atomic mass is 35.5. The predicted octanol–water partition coefficient (Wildman–Crippen LogP) is 4.14. The van der Waals surface area contributed by atoms with Crippen molar-refractivity contribution in [2.75, 3.05) is 6.54 Å². The average molecular weight is 285 g/mol. The van der Waals surface area contributed by atoms with Gasteiger partial charge in [0.05, 0.1) is 6.54 Å². The van der Waals surface area contributed by atoms with Gasteiger partial charge in [-0.1, -0.05) is 41.9 Å². The van der Waals surface area contributed by atoms with Gasteiger partial charge in [-0.05, 0) is 29.8 Å². The Balaban J connectivity index is 1.87. The van der Waals surface area contributed by atoms with Crippen LogP contribution < -0.4 is 0 Å². The summed E-state index contributed by atoms with van der Waals surface area (Å²) in [6, 6.07) is 16.4. The lowest BCUT2D eigenvalue weighted by Gasteiger charge is -2.15. The number of ketones is 1. The van der Waals surface area contributed by atoms with Gasteiger partial charge in [0.1, 0.15) is 6.04 Å². The quantitative estimate of drug-likeness (QED) is 0.781. The summed E-state index contributed by atoms with van der Waals surface area (Å²) >= 11 is 5.85. The van der Waals surface area contributed by atoms with Gasteiger partial charge in [0.2, 0.25) is 0 Å². The molecule has 0 fully saturated rings. The van der Waals surface area contributed by atoms with Crippen LogP contribution in [0.1, 0.15) is 21.8 Å². The first kappa shape index (κ1) is 13.0. The molecule has 0 aromatic heterocycles. The van der Waals surface area contributed by atoms with E-state index in [-0.39, 0.29) is 11.7 Å². The summed E-state index contributed by atoms with van der Waals surface area (Å²) in [5.74, 6) is 0.0242. The smallest absolute Gasteiger partial charge is 0.189 e. The van der Waals surface area contributed by atoms with Crippen LogP contribution in [0.25, 0.3) is 0 Å². The van der Waals surface area contributed by atoms with Crippen LogP contribution in [-0.2, 0) is 0 Å². The fraction of sp³-hybridized carbons (Fsp3) is 0.188. The Bertz CT molecular complexity index is 637. The topological polar surface area (TPSA) is 41.8 Å². The minimum absolute atomic E-state index is 0.00299. The van der Waals surface area contributed by atoms with Crippen molar-refractivity contribution in [3.8, 4) is 0 Å². The Morgan fingerprint density at radius 1 is 1.05 bits per heavy atom. The lowest BCUT2D eigenvalue weighted by molar-refractivity contribution is 0.0956. The van der Waals surface area contributed by atoms with Gasteiger partial charge in [0, 0.05) is 16.5 Å². The molecule has 2 aromatic carbocycles. The molecule has 100 valence electrons. The largest absolute Gasteiger partial charge is 0.292 e. The summed E-state index contributed by atoms with van der Waals surface area (Å²) in [6.45, 7) is 0.564. The Kier molecular flexibility index (Phi) is 3.61. The first-order valence-corrected chi connectivity index (χ1v) is 6.85. The molecule has 0 saturated heterocycles.